The molecule has 3 nitrogen and oxygen atoms in total. The lowest BCUT2D eigenvalue weighted by atomic mass is 10.1. The number of carbonyl (C=O) groups is 1. The topological polar surface area (TPSA) is 63.9 Å². The van der Waals surface area contributed by atoms with Crippen molar-refractivity contribution in [2.75, 3.05) is 0 Å². The Kier molecular flexibility index (Phi) is 3.04. The van der Waals surface area contributed by atoms with Crippen LogP contribution < -0.4 is 5.11 Å². The fourth-order valence-electron chi connectivity index (χ4n) is 0.978. The summed E-state index contributed by atoms with van der Waals surface area (Å²) in [4.78, 5) is 10.6. The first-order valence-electron chi connectivity index (χ1n) is 3.52. The van der Waals surface area contributed by atoms with E-state index in [1.807, 2.05) is 6.07 Å². The highest BCUT2D eigenvalue weighted by Gasteiger charge is 2.03. The maximum Gasteiger partial charge on any atom is 0.0718 e. The number of rotatable bonds is 2. The highest BCUT2D eigenvalue weighted by molar-refractivity contribution is 9.10. The molecule has 0 unspecified atom stereocenters. The third kappa shape index (κ3) is 2.30. The number of carbonyl (C=O) groups excluding carboxylic acids is 1. The van der Waals surface area contributed by atoms with E-state index < -0.39 is 5.97 Å². The number of benzene rings is 1. The third-order valence-electron chi connectivity index (χ3n) is 1.56. The van der Waals surface area contributed by atoms with Crippen LogP contribution in [-0.4, -0.2) is 5.97 Å². The van der Waals surface area contributed by atoms with Gasteiger partial charge in [-0.1, -0.05) is 22.0 Å². The molecule has 0 aliphatic carbocycles. The van der Waals surface area contributed by atoms with Crippen LogP contribution in [0.5, 0.6) is 0 Å². The first-order chi connectivity index (χ1) is 6.15. The summed E-state index contributed by atoms with van der Waals surface area (Å²) in [6.07, 6.45) is 0.0800. The Morgan fingerprint density at radius 1 is 1.62 bits per heavy atom. The molecule has 13 heavy (non-hydrogen) atoms. The number of aromatic carboxylic acids is 1. The van der Waals surface area contributed by atoms with Gasteiger partial charge in [0.1, 0.15) is 0 Å². The molecule has 0 radical (unpaired) electrons. The normalized spacial score (nSPS) is 9.23. The molecule has 0 fully saturated rings. The molecular formula is C9H5BrNO2-. The van der Waals surface area contributed by atoms with Crippen molar-refractivity contribution in [3.8, 4) is 6.07 Å². The molecule has 1 aromatic rings. The third-order valence-corrected chi connectivity index (χ3v) is 2.05. The largest absolute Gasteiger partial charge is 0.545 e. The van der Waals surface area contributed by atoms with E-state index in [1.54, 1.807) is 12.1 Å². The highest BCUT2D eigenvalue weighted by atomic mass is 79.9. The van der Waals surface area contributed by atoms with Gasteiger partial charge in [-0.05, 0) is 17.7 Å². The van der Waals surface area contributed by atoms with Gasteiger partial charge in [-0.25, -0.2) is 0 Å². The molecule has 1 rings (SSSR count). The van der Waals surface area contributed by atoms with Crippen molar-refractivity contribution in [3.05, 3.63) is 33.8 Å². The number of carboxylic acid groups (broad SMARTS) is 1. The van der Waals surface area contributed by atoms with Crippen LogP contribution >= 0.6 is 15.9 Å². The average molecular weight is 239 g/mol. The molecule has 0 spiro atoms. The Morgan fingerprint density at radius 2 is 2.31 bits per heavy atom. The van der Waals surface area contributed by atoms with E-state index in [4.69, 9.17) is 5.26 Å². The summed E-state index contributed by atoms with van der Waals surface area (Å²) in [6, 6.07) is 6.61. The predicted molar refractivity (Wildman–Crippen MR) is 47.8 cm³/mol. The monoisotopic (exact) mass is 238 g/mol. The lowest BCUT2D eigenvalue weighted by molar-refractivity contribution is -0.255. The summed E-state index contributed by atoms with van der Waals surface area (Å²) in [5.41, 5.74) is 0.543. The second-order valence-corrected chi connectivity index (χ2v) is 3.34. The van der Waals surface area contributed by atoms with Crippen LogP contribution in [0.25, 0.3) is 0 Å². The summed E-state index contributed by atoms with van der Waals surface area (Å²) in [5, 5.41) is 19.0. The van der Waals surface area contributed by atoms with Gasteiger partial charge in [-0.2, -0.15) is 5.26 Å². The Morgan fingerprint density at radius 3 is 2.85 bits per heavy atom. The minimum absolute atomic E-state index is 0.0657. The van der Waals surface area contributed by atoms with E-state index in [0.29, 0.717) is 10.0 Å². The Labute approximate surface area is 83.7 Å². The fourth-order valence-corrected chi connectivity index (χ4v) is 1.34. The van der Waals surface area contributed by atoms with Gasteiger partial charge in [-0.15, -0.1) is 0 Å². The molecule has 0 heterocycles. The van der Waals surface area contributed by atoms with Crippen LogP contribution in [0.2, 0.25) is 0 Å². The quantitative estimate of drug-likeness (QED) is 0.769. The van der Waals surface area contributed by atoms with Crippen LogP contribution in [0.4, 0.5) is 0 Å². The number of nitriles is 1. The fraction of sp³-hybridized carbons (Fsp3) is 0.111. The first kappa shape index (κ1) is 9.75. The summed E-state index contributed by atoms with van der Waals surface area (Å²) >= 11 is 3.14. The number of hydrogen-bond donors (Lipinski definition) is 0. The van der Waals surface area contributed by atoms with Crippen molar-refractivity contribution < 1.29 is 9.90 Å². The SMILES string of the molecule is N#CCc1ccc(Br)cc1C(=O)[O-]. The van der Waals surface area contributed by atoms with Crippen LogP contribution in [0, 0.1) is 11.3 Å². The van der Waals surface area contributed by atoms with Crippen molar-refractivity contribution in [3.63, 3.8) is 0 Å². The molecule has 66 valence electrons. The molecule has 0 saturated carbocycles. The molecule has 0 aliphatic heterocycles. The maximum absolute atomic E-state index is 10.6. The van der Waals surface area contributed by atoms with Gasteiger partial charge < -0.3 is 9.90 Å². The smallest absolute Gasteiger partial charge is 0.0718 e. The Hall–Kier alpha value is -1.34. The molecule has 0 N–H and O–H groups in total. The zero-order valence-electron chi connectivity index (χ0n) is 6.58. The number of nitrogens with zero attached hydrogens (tertiary/aromatic N) is 1. The van der Waals surface area contributed by atoms with E-state index in [0.717, 1.165) is 0 Å². The van der Waals surface area contributed by atoms with Gasteiger partial charge in [0.2, 0.25) is 0 Å². The second-order valence-electron chi connectivity index (χ2n) is 2.42. The molecule has 0 aliphatic rings. The number of carboxylic acids is 1. The van der Waals surface area contributed by atoms with Gasteiger partial charge in [-0.3, -0.25) is 0 Å². The minimum atomic E-state index is -1.26. The van der Waals surface area contributed by atoms with Crippen molar-refractivity contribution in [1.82, 2.24) is 0 Å². The summed E-state index contributed by atoms with van der Waals surface area (Å²) < 4.78 is 0.661. The van der Waals surface area contributed by atoms with E-state index in [1.165, 1.54) is 6.07 Å². The Balaban J connectivity index is 3.20. The molecule has 1 aromatic carbocycles. The van der Waals surface area contributed by atoms with Gasteiger partial charge >= 0.3 is 0 Å². The van der Waals surface area contributed by atoms with Crippen molar-refractivity contribution in [2.24, 2.45) is 0 Å². The summed E-state index contributed by atoms with van der Waals surface area (Å²) in [6.45, 7) is 0. The average Bonchev–Trinajstić information content (AvgIpc) is 2.08. The van der Waals surface area contributed by atoms with Crippen molar-refractivity contribution >= 4 is 21.9 Å². The van der Waals surface area contributed by atoms with Crippen LogP contribution in [0.1, 0.15) is 15.9 Å². The van der Waals surface area contributed by atoms with Crippen LogP contribution in [0.15, 0.2) is 22.7 Å². The van der Waals surface area contributed by atoms with E-state index in [2.05, 4.69) is 15.9 Å². The molecule has 0 bridgehead atoms. The zero-order valence-corrected chi connectivity index (χ0v) is 8.17. The van der Waals surface area contributed by atoms with Crippen LogP contribution in [-0.2, 0) is 6.42 Å². The van der Waals surface area contributed by atoms with Crippen molar-refractivity contribution in [1.29, 1.82) is 5.26 Å². The van der Waals surface area contributed by atoms with E-state index >= 15 is 0 Å². The molecule has 4 heteroatoms. The summed E-state index contributed by atoms with van der Waals surface area (Å²) in [7, 11) is 0. The first-order valence-corrected chi connectivity index (χ1v) is 4.31. The van der Waals surface area contributed by atoms with E-state index in [-0.39, 0.29) is 12.0 Å². The zero-order chi connectivity index (χ0) is 9.84. The Bertz CT molecular complexity index is 382. The highest BCUT2D eigenvalue weighted by Crippen LogP contribution is 2.16. The molecule has 0 aromatic heterocycles. The maximum atomic E-state index is 10.6. The van der Waals surface area contributed by atoms with Crippen LogP contribution in [0.3, 0.4) is 0 Å². The summed E-state index contributed by atoms with van der Waals surface area (Å²) in [5.74, 6) is -1.26. The molecule has 0 saturated heterocycles. The predicted octanol–water partition coefficient (Wildman–Crippen LogP) is 0.879. The minimum Gasteiger partial charge on any atom is -0.545 e. The molecule has 0 amide bonds. The number of hydrogen-bond acceptors (Lipinski definition) is 3. The van der Waals surface area contributed by atoms with Gasteiger partial charge in [0.15, 0.2) is 0 Å². The molecular weight excluding hydrogens is 234 g/mol. The number of halogens is 1. The lowest BCUT2D eigenvalue weighted by Gasteiger charge is -2.07. The second kappa shape index (κ2) is 4.06. The molecule has 0 atom stereocenters. The van der Waals surface area contributed by atoms with E-state index in [9.17, 15) is 9.90 Å². The van der Waals surface area contributed by atoms with Gasteiger partial charge in [0, 0.05) is 10.0 Å². The van der Waals surface area contributed by atoms with Gasteiger partial charge in [0.25, 0.3) is 0 Å². The standard InChI is InChI=1S/C9H6BrNO2/c10-7-2-1-6(3-4-11)8(5-7)9(12)13/h1-2,5H,3H2,(H,12,13)/p-1. The van der Waals surface area contributed by atoms with Crippen molar-refractivity contribution in [2.45, 2.75) is 6.42 Å². The van der Waals surface area contributed by atoms with Gasteiger partial charge in [0.05, 0.1) is 18.5 Å². The lowest BCUT2D eigenvalue weighted by Crippen LogP contribution is -2.23.